The van der Waals surface area contributed by atoms with E-state index in [-0.39, 0.29) is 5.92 Å². The van der Waals surface area contributed by atoms with Gasteiger partial charge < -0.3 is 14.0 Å². The molecular weight excluding hydrogens is 366 g/mol. The zero-order chi connectivity index (χ0) is 20.1. The van der Waals surface area contributed by atoms with Crippen molar-refractivity contribution in [1.82, 2.24) is 15.0 Å². The molecule has 4 rings (SSSR count). The van der Waals surface area contributed by atoms with Gasteiger partial charge >= 0.3 is 0 Å². The van der Waals surface area contributed by atoms with Crippen molar-refractivity contribution in [2.24, 2.45) is 0 Å². The molecule has 1 unspecified atom stereocenters. The average Bonchev–Trinajstić information content (AvgIpc) is 3.23. The van der Waals surface area contributed by atoms with Crippen LogP contribution >= 0.6 is 0 Å². The zero-order valence-corrected chi connectivity index (χ0v) is 17.0. The third kappa shape index (κ3) is 5.02. The molecule has 3 aromatic rings. The second-order valence-electron chi connectivity index (χ2n) is 7.48. The maximum atomic E-state index is 5.54. The Morgan fingerprint density at radius 2 is 1.93 bits per heavy atom. The lowest BCUT2D eigenvalue weighted by atomic mass is 9.97. The Morgan fingerprint density at radius 3 is 2.76 bits per heavy atom. The van der Waals surface area contributed by atoms with Crippen LogP contribution in [0.3, 0.4) is 0 Å². The number of morpholine rings is 1. The summed E-state index contributed by atoms with van der Waals surface area (Å²) in [5.41, 5.74) is 3.43. The summed E-state index contributed by atoms with van der Waals surface area (Å²) in [6.07, 6.45) is 0.688. The summed E-state index contributed by atoms with van der Waals surface area (Å²) < 4.78 is 16.3. The molecular formula is C23H27N3O3. The predicted octanol–water partition coefficient (Wildman–Crippen LogP) is 3.92. The molecule has 1 saturated heterocycles. The van der Waals surface area contributed by atoms with Crippen LogP contribution in [0.25, 0.3) is 11.4 Å². The summed E-state index contributed by atoms with van der Waals surface area (Å²) in [4.78, 5) is 7.04. The Morgan fingerprint density at radius 1 is 1.10 bits per heavy atom. The first kappa shape index (κ1) is 19.6. The molecule has 6 heteroatoms. The first-order valence-corrected chi connectivity index (χ1v) is 10.1. The molecule has 1 aliphatic heterocycles. The number of aromatic nitrogens is 2. The Kier molecular flexibility index (Phi) is 6.22. The van der Waals surface area contributed by atoms with E-state index >= 15 is 0 Å². The highest BCUT2D eigenvalue weighted by Crippen LogP contribution is 2.25. The lowest BCUT2D eigenvalue weighted by Gasteiger charge is -2.26. The van der Waals surface area contributed by atoms with Crippen molar-refractivity contribution in [1.29, 1.82) is 0 Å². The number of ether oxygens (including phenoxy) is 2. The molecule has 1 aromatic heterocycles. The van der Waals surface area contributed by atoms with E-state index in [1.165, 1.54) is 11.1 Å². The monoisotopic (exact) mass is 393 g/mol. The smallest absolute Gasteiger partial charge is 0.227 e. The standard InChI is InChI=1S/C23H27N3O3/c1-17(19-6-4-8-21(15-19)27-2)13-22-24-23(25-29-22)20-7-3-5-18(14-20)16-26-9-11-28-12-10-26/h3-8,14-15,17H,9-13,16H2,1-2H3. The fourth-order valence-corrected chi connectivity index (χ4v) is 3.61. The number of hydrogen-bond donors (Lipinski definition) is 0. The second kappa shape index (κ2) is 9.20. The quantitative estimate of drug-likeness (QED) is 0.606. The van der Waals surface area contributed by atoms with Gasteiger partial charge in [-0.1, -0.05) is 42.4 Å². The van der Waals surface area contributed by atoms with Gasteiger partial charge in [0.05, 0.1) is 20.3 Å². The average molecular weight is 393 g/mol. The van der Waals surface area contributed by atoms with Crippen molar-refractivity contribution in [3.05, 3.63) is 65.5 Å². The lowest BCUT2D eigenvalue weighted by Crippen LogP contribution is -2.35. The van der Waals surface area contributed by atoms with Gasteiger partial charge in [-0.3, -0.25) is 4.90 Å². The number of benzene rings is 2. The number of methoxy groups -OCH3 is 1. The first-order chi connectivity index (χ1) is 14.2. The van der Waals surface area contributed by atoms with E-state index in [0.717, 1.165) is 44.2 Å². The molecule has 2 aromatic carbocycles. The molecule has 0 saturated carbocycles. The van der Waals surface area contributed by atoms with Crippen LogP contribution in [0.4, 0.5) is 0 Å². The molecule has 1 aliphatic rings. The zero-order valence-electron chi connectivity index (χ0n) is 17.0. The van der Waals surface area contributed by atoms with Gasteiger partial charge in [-0.2, -0.15) is 4.98 Å². The minimum absolute atomic E-state index is 0.256. The number of rotatable bonds is 7. The molecule has 0 bridgehead atoms. The summed E-state index contributed by atoms with van der Waals surface area (Å²) in [7, 11) is 1.68. The van der Waals surface area contributed by atoms with Crippen LogP contribution in [0.15, 0.2) is 53.1 Å². The van der Waals surface area contributed by atoms with Crippen molar-refractivity contribution in [3.8, 4) is 17.1 Å². The van der Waals surface area contributed by atoms with Crippen LogP contribution in [0.1, 0.15) is 29.9 Å². The lowest BCUT2D eigenvalue weighted by molar-refractivity contribution is 0.0342. The van der Waals surface area contributed by atoms with Crippen molar-refractivity contribution >= 4 is 0 Å². The third-order valence-electron chi connectivity index (χ3n) is 5.31. The predicted molar refractivity (Wildman–Crippen MR) is 111 cm³/mol. The van der Waals surface area contributed by atoms with Gasteiger partial charge in [-0.05, 0) is 35.2 Å². The summed E-state index contributed by atoms with van der Waals surface area (Å²) in [6, 6.07) is 16.5. The summed E-state index contributed by atoms with van der Waals surface area (Å²) >= 11 is 0. The molecule has 0 amide bonds. The van der Waals surface area contributed by atoms with Gasteiger partial charge in [0.1, 0.15) is 5.75 Å². The first-order valence-electron chi connectivity index (χ1n) is 10.1. The van der Waals surface area contributed by atoms with Gasteiger partial charge in [0.2, 0.25) is 11.7 Å². The molecule has 0 spiro atoms. The third-order valence-corrected chi connectivity index (χ3v) is 5.31. The molecule has 1 atom stereocenters. The van der Waals surface area contributed by atoms with E-state index in [4.69, 9.17) is 14.0 Å². The van der Waals surface area contributed by atoms with Gasteiger partial charge in [-0.25, -0.2) is 0 Å². The van der Waals surface area contributed by atoms with Crippen LogP contribution in [0.2, 0.25) is 0 Å². The van der Waals surface area contributed by atoms with Gasteiger partial charge in [-0.15, -0.1) is 0 Å². The fraction of sp³-hybridized carbons (Fsp3) is 0.391. The molecule has 0 N–H and O–H groups in total. The molecule has 6 nitrogen and oxygen atoms in total. The van der Waals surface area contributed by atoms with Crippen LogP contribution in [-0.2, 0) is 17.7 Å². The maximum Gasteiger partial charge on any atom is 0.227 e. The molecule has 29 heavy (non-hydrogen) atoms. The Labute approximate surface area is 171 Å². The molecule has 0 aliphatic carbocycles. The van der Waals surface area contributed by atoms with E-state index in [1.807, 2.05) is 18.2 Å². The highest BCUT2D eigenvalue weighted by Gasteiger charge is 2.15. The van der Waals surface area contributed by atoms with Crippen LogP contribution in [0.5, 0.6) is 5.75 Å². The number of nitrogens with zero attached hydrogens (tertiary/aromatic N) is 3. The molecule has 0 radical (unpaired) electrons. The Bertz CT molecular complexity index is 934. The normalized spacial score (nSPS) is 15.9. The number of hydrogen-bond acceptors (Lipinski definition) is 6. The van der Waals surface area contributed by atoms with Crippen molar-refractivity contribution in [3.63, 3.8) is 0 Å². The largest absolute Gasteiger partial charge is 0.497 e. The van der Waals surface area contributed by atoms with Gasteiger partial charge in [0.25, 0.3) is 0 Å². The van der Waals surface area contributed by atoms with E-state index in [0.29, 0.717) is 18.1 Å². The summed E-state index contributed by atoms with van der Waals surface area (Å²) in [5, 5.41) is 4.21. The van der Waals surface area contributed by atoms with E-state index in [1.54, 1.807) is 7.11 Å². The molecule has 1 fully saturated rings. The van der Waals surface area contributed by atoms with Crippen LogP contribution in [-0.4, -0.2) is 48.5 Å². The van der Waals surface area contributed by atoms with E-state index in [9.17, 15) is 0 Å². The SMILES string of the molecule is COc1cccc(C(C)Cc2nc(-c3cccc(CN4CCOCC4)c3)no2)c1. The van der Waals surface area contributed by atoms with Crippen molar-refractivity contribution in [2.75, 3.05) is 33.4 Å². The summed E-state index contributed by atoms with van der Waals surface area (Å²) in [5.74, 6) is 2.40. The van der Waals surface area contributed by atoms with Gasteiger partial charge in [0, 0.05) is 31.6 Å². The fourth-order valence-electron chi connectivity index (χ4n) is 3.61. The van der Waals surface area contributed by atoms with Crippen LogP contribution < -0.4 is 4.74 Å². The minimum atomic E-state index is 0.256. The second-order valence-corrected chi connectivity index (χ2v) is 7.48. The Hall–Kier alpha value is -2.70. The van der Waals surface area contributed by atoms with Crippen molar-refractivity contribution in [2.45, 2.75) is 25.8 Å². The highest BCUT2D eigenvalue weighted by molar-refractivity contribution is 5.55. The van der Waals surface area contributed by atoms with Crippen molar-refractivity contribution < 1.29 is 14.0 Å². The molecule has 2 heterocycles. The molecule has 152 valence electrons. The van der Waals surface area contributed by atoms with E-state index < -0.39 is 0 Å². The van der Waals surface area contributed by atoms with Crippen LogP contribution in [0, 0.1) is 0 Å². The topological polar surface area (TPSA) is 60.6 Å². The minimum Gasteiger partial charge on any atom is -0.497 e. The highest BCUT2D eigenvalue weighted by atomic mass is 16.5. The van der Waals surface area contributed by atoms with Gasteiger partial charge in [0.15, 0.2) is 0 Å². The maximum absolute atomic E-state index is 5.54. The summed E-state index contributed by atoms with van der Waals surface area (Å²) in [6.45, 7) is 6.62. The Balaban J connectivity index is 1.43. The van der Waals surface area contributed by atoms with E-state index in [2.05, 4.69) is 52.3 Å².